The van der Waals surface area contributed by atoms with Crippen molar-refractivity contribution < 1.29 is 0 Å². The molecule has 0 heterocycles. The van der Waals surface area contributed by atoms with E-state index in [-0.39, 0.29) is 5.54 Å². The second-order valence-electron chi connectivity index (χ2n) is 8.44. The van der Waals surface area contributed by atoms with Gasteiger partial charge in [-0.15, -0.1) is 0 Å². The lowest BCUT2D eigenvalue weighted by Crippen LogP contribution is -2.51. The molecule has 120 valence electrons. The molecule has 0 atom stereocenters. The van der Waals surface area contributed by atoms with Gasteiger partial charge in [0.1, 0.15) is 0 Å². The molecule has 0 aliphatic heterocycles. The Bertz CT molecular complexity index is 270. The molecular formula is C18H38N2. The smallest absolute Gasteiger partial charge is 0.00967 e. The molecule has 0 aromatic rings. The largest absolute Gasteiger partial charge is 0.311 e. The third-order valence-electron chi connectivity index (χ3n) is 5.00. The Hall–Kier alpha value is -0.0800. The lowest BCUT2D eigenvalue weighted by molar-refractivity contribution is 0.0680. The summed E-state index contributed by atoms with van der Waals surface area (Å²) in [6, 6.07) is 0.658. The summed E-state index contributed by atoms with van der Waals surface area (Å²) in [5, 5.41) is 3.79. The van der Waals surface area contributed by atoms with Crippen molar-refractivity contribution >= 4 is 0 Å². The van der Waals surface area contributed by atoms with Gasteiger partial charge in [-0.25, -0.2) is 0 Å². The van der Waals surface area contributed by atoms with Gasteiger partial charge in [-0.05, 0) is 65.3 Å². The maximum atomic E-state index is 3.79. The molecule has 1 aliphatic carbocycles. The lowest BCUT2D eigenvalue weighted by atomic mass is 9.70. The highest BCUT2D eigenvalue weighted by molar-refractivity contribution is 4.91. The van der Waals surface area contributed by atoms with Crippen LogP contribution in [0.4, 0.5) is 0 Å². The van der Waals surface area contributed by atoms with Crippen LogP contribution >= 0.6 is 0 Å². The fourth-order valence-corrected chi connectivity index (χ4v) is 3.31. The van der Waals surface area contributed by atoms with Crippen LogP contribution in [0.25, 0.3) is 0 Å². The van der Waals surface area contributed by atoms with E-state index in [1.54, 1.807) is 0 Å². The highest BCUT2D eigenvalue weighted by Gasteiger charge is 2.36. The van der Waals surface area contributed by atoms with Gasteiger partial charge in [0, 0.05) is 24.7 Å². The Morgan fingerprint density at radius 2 is 1.75 bits per heavy atom. The minimum atomic E-state index is 0.227. The van der Waals surface area contributed by atoms with Crippen LogP contribution < -0.4 is 5.32 Å². The fourth-order valence-electron chi connectivity index (χ4n) is 3.31. The van der Waals surface area contributed by atoms with Crippen molar-refractivity contribution in [1.82, 2.24) is 10.2 Å². The molecule has 0 radical (unpaired) electrons. The Morgan fingerprint density at radius 1 is 1.20 bits per heavy atom. The molecule has 2 nitrogen and oxygen atoms in total. The molecule has 1 rings (SSSR count). The molecule has 1 aliphatic rings. The molecule has 1 saturated carbocycles. The van der Waals surface area contributed by atoms with E-state index in [1.807, 2.05) is 0 Å². The molecule has 0 unspecified atom stereocenters. The molecule has 0 bridgehead atoms. The Labute approximate surface area is 127 Å². The van der Waals surface area contributed by atoms with E-state index in [1.165, 1.54) is 45.3 Å². The van der Waals surface area contributed by atoms with Crippen molar-refractivity contribution in [2.24, 2.45) is 11.3 Å². The van der Waals surface area contributed by atoms with Gasteiger partial charge >= 0.3 is 0 Å². The number of nitrogens with one attached hydrogen (secondary N) is 1. The maximum absolute atomic E-state index is 3.79. The number of hydrogen-bond donors (Lipinski definition) is 1. The summed E-state index contributed by atoms with van der Waals surface area (Å²) in [5.41, 5.74) is 0.713. The van der Waals surface area contributed by atoms with Gasteiger partial charge in [0.05, 0.1) is 0 Å². The van der Waals surface area contributed by atoms with Crippen molar-refractivity contribution in [1.29, 1.82) is 0 Å². The first-order valence-electron chi connectivity index (χ1n) is 8.66. The highest BCUT2D eigenvalue weighted by Crippen LogP contribution is 2.39. The summed E-state index contributed by atoms with van der Waals surface area (Å²) in [6.45, 7) is 19.8. The van der Waals surface area contributed by atoms with Gasteiger partial charge in [0.25, 0.3) is 0 Å². The van der Waals surface area contributed by atoms with E-state index < -0.39 is 0 Å². The normalized spacial score (nSPS) is 28.4. The summed E-state index contributed by atoms with van der Waals surface area (Å²) < 4.78 is 0. The summed E-state index contributed by atoms with van der Waals surface area (Å²) in [4.78, 5) is 2.65. The van der Waals surface area contributed by atoms with Crippen LogP contribution in [0.15, 0.2) is 0 Å². The molecule has 0 aromatic carbocycles. The molecule has 20 heavy (non-hydrogen) atoms. The van der Waals surface area contributed by atoms with E-state index in [4.69, 9.17) is 0 Å². The minimum Gasteiger partial charge on any atom is -0.311 e. The fraction of sp³-hybridized carbons (Fsp3) is 1.00. The van der Waals surface area contributed by atoms with E-state index in [0.29, 0.717) is 11.5 Å². The first kappa shape index (κ1) is 18.0. The molecular weight excluding hydrogens is 244 g/mol. The minimum absolute atomic E-state index is 0.227. The zero-order valence-electron chi connectivity index (χ0n) is 15.1. The van der Waals surface area contributed by atoms with Gasteiger partial charge in [-0.1, -0.05) is 26.7 Å². The summed E-state index contributed by atoms with van der Waals surface area (Å²) >= 11 is 0. The van der Waals surface area contributed by atoms with Crippen LogP contribution in [0.3, 0.4) is 0 Å². The average molecular weight is 283 g/mol. The van der Waals surface area contributed by atoms with E-state index in [0.717, 1.165) is 5.92 Å². The predicted octanol–water partition coefficient (Wildman–Crippen LogP) is 4.30. The topological polar surface area (TPSA) is 15.3 Å². The lowest BCUT2D eigenvalue weighted by Gasteiger charge is -2.45. The number of hydrogen-bond acceptors (Lipinski definition) is 2. The zero-order valence-corrected chi connectivity index (χ0v) is 15.1. The second kappa shape index (κ2) is 7.26. The van der Waals surface area contributed by atoms with Crippen LogP contribution in [0, 0.1) is 11.3 Å². The number of nitrogens with zero attached hydrogens (tertiary/aromatic N) is 1. The van der Waals surface area contributed by atoms with Crippen molar-refractivity contribution in [2.75, 3.05) is 19.6 Å². The monoisotopic (exact) mass is 282 g/mol. The van der Waals surface area contributed by atoms with Crippen LogP contribution in [-0.4, -0.2) is 36.1 Å². The molecule has 0 amide bonds. The van der Waals surface area contributed by atoms with Crippen LogP contribution in [0.5, 0.6) is 0 Å². The third kappa shape index (κ3) is 5.73. The van der Waals surface area contributed by atoms with Crippen LogP contribution in [-0.2, 0) is 0 Å². The van der Waals surface area contributed by atoms with Crippen molar-refractivity contribution in [3.8, 4) is 0 Å². The van der Waals surface area contributed by atoms with Crippen molar-refractivity contribution in [2.45, 2.75) is 85.7 Å². The Morgan fingerprint density at radius 3 is 2.15 bits per heavy atom. The molecule has 0 saturated heterocycles. The predicted molar refractivity (Wildman–Crippen MR) is 90.2 cm³/mol. The van der Waals surface area contributed by atoms with Crippen molar-refractivity contribution in [3.05, 3.63) is 0 Å². The first-order valence-corrected chi connectivity index (χ1v) is 8.66. The van der Waals surface area contributed by atoms with Crippen LogP contribution in [0.2, 0.25) is 0 Å². The maximum Gasteiger partial charge on any atom is 0.00967 e. The zero-order chi connectivity index (χ0) is 15.4. The van der Waals surface area contributed by atoms with Crippen molar-refractivity contribution in [3.63, 3.8) is 0 Å². The molecule has 1 fully saturated rings. The van der Waals surface area contributed by atoms with E-state index in [9.17, 15) is 0 Å². The van der Waals surface area contributed by atoms with E-state index >= 15 is 0 Å². The summed E-state index contributed by atoms with van der Waals surface area (Å²) in [6.07, 6.45) is 5.59. The van der Waals surface area contributed by atoms with Crippen LogP contribution in [0.1, 0.15) is 74.1 Å². The second-order valence-corrected chi connectivity index (χ2v) is 8.44. The average Bonchev–Trinajstić information content (AvgIpc) is 2.36. The molecule has 0 spiro atoms. The quantitative estimate of drug-likeness (QED) is 0.781. The van der Waals surface area contributed by atoms with E-state index in [2.05, 4.69) is 58.7 Å². The SMILES string of the molecule is CCN(CC1(CNC(C)(C)C)CCC(C)CC1)C(C)C. The molecule has 0 aromatic heterocycles. The van der Waals surface area contributed by atoms with Gasteiger partial charge in [0.2, 0.25) is 0 Å². The molecule has 2 heteroatoms. The summed E-state index contributed by atoms with van der Waals surface area (Å²) in [5.74, 6) is 0.923. The first-order chi connectivity index (χ1) is 9.17. The Kier molecular flexibility index (Phi) is 6.53. The highest BCUT2D eigenvalue weighted by atomic mass is 15.2. The van der Waals surface area contributed by atoms with Gasteiger partial charge < -0.3 is 10.2 Å². The van der Waals surface area contributed by atoms with Gasteiger partial charge in [0.15, 0.2) is 0 Å². The number of rotatable bonds is 6. The molecule has 1 N–H and O–H groups in total. The third-order valence-corrected chi connectivity index (χ3v) is 5.00. The van der Waals surface area contributed by atoms with Gasteiger partial charge in [-0.3, -0.25) is 0 Å². The standard InChI is InChI=1S/C18H38N2/c1-8-20(15(2)3)14-18(13-19-17(5,6)7)11-9-16(4)10-12-18/h15-16,19H,8-14H2,1-7H3. The Balaban J connectivity index is 2.73. The van der Waals surface area contributed by atoms with Gasteiger partial charge in [-0.2, -0.15) is 0 Å². The summed E-state index contributed by atoms with van der Waals surface area (Å²) in [7, 11) is 0.